The molecule has 1 aliphatic rings. The first-order valence-electron chi connectivity index (χ1n) is 5.24. The smallest absolute Gasteiger partial charge is 0.306 e. The molecule has 1 aliphatic carbocycles. The molecule has 86 valence electrons. The van der Waals surface area contributed by atoms with Crippen LogP contribution in [0.15, 0.2) is 22.7 Å². The zero-order chi connectivity index (χ0) is 11.7. The molecule has 0 heterocycles. The molecule has 0 spiro atoms. The van der Waals surface area contributed by atoms with Crippen LogP contribution in [0.3, 0.4) is 0 Å². The molecule has 0 bridgehead atoms. The first kappa shape index (κ1) is 11.6. The van der Waals surface area contributed by atoms with Gasteiger partial charge in [-0.3, -0.25) is 4.79 Å². The van der Waals surface area contributed by atoms with Gasteiger partial charge in [-0.05, 0) is 42.9 Å². The van der Waals surface area contributed by atoms with E-state index in [-0.39, 0.29) is 17.7 Å². The summed E-state index contributed by atoms with van der Waals surface area (Å²) in [6.45, 7) is 0. The van der Waals surface area contributed by atoms with E-state index in [1.54, 1.807) is 12.1 Å². The monoisotopic (exact) mass is 286 g/mol. The Morgan fingerprint density at radius 2 is 2.25 bits per heavy atom. The van der Waals surface area contributed by atoms with Crippen molar-refractivity contribution in [3.05, 3.63) is 34.1 Å². The molecule has 2 rings (SSSR count). The molecule has 0 aliphatic heterocycles. The summed E-state index contributed by atoms with van der Waals surface area (Å²) in [5.41, 5.74) is 0.610. The van der Waals surface area contributed by atoms with Crippen molar-refractivity contribution in [3.63, 3.8) is 0 Å². The molecule has 1 aromatic rings. The van der Waals surface area contributed by atoms with Gasteiger partial charge in [-0.2, -0.15) is 0 Å². The van der Waals surface area contributed by atoms with E-state index < -0.39 is 5.97 Å². The largest absolute Gasteiger partial charge is 0.481 e. The van der Waals surface area contributed by atoms with E-state index in [4.69, 9.17) is 5.11 Å². The Morgan fingerprint density at radius 1 is 1.50 bits per heavy atom. The van der Waals surface area contributed by atoms with Crippen LogP contribution in [0.4, 0.5) is 4.39 Å². The summed E-state index contributed by atoms with van der Waals surface area (Å²) >= 11 is 3.19. The summed E-state index contributed by atoms with van der Waals surface area (Å²) in [5, 5.41) is 8.89. The quantitative estimate of drug-likeness (QED) is 0.926. The highest BCUT2D eigenvalue weighted by Gasteiger charge is 2.36. The van der Waals surface area contributed by atoms with Gasteiger partial charge < -0.3 is 5.11 Å². The second-order valence-electron chi connectivity index (χ2n) is 4.22. The number of carboxylic acid groups (broad SMARTS) is 1. The Morgan fingerprint density at radius 3 is 2.75 bits per heavy atom. The first-order valence-corrected chi connectivity index (χ1v) is 6.04. The minimum Gasteiger partial charge on any atom is -0.481 e. The van der Waals surface area contributed by atoms with Gasteiger partial charge in [-0.15, -0.1) is 0 Å². The van der Waals surface area contributed by atoms with Crippen molar-refractivity contribution in [2.75, 3.05) is 0 Å². The van der Waals surface area contributed by atoms with Gasteiger partial charge in [0.15, 0.2) is 0 Å². The summed E-state index contributed by atoms with van der Waals surface area (Å²) in [6, 6.07) is 4.92. The molecule has 1 N–H and O–H groups in total. The Balaban J connectivity index is 2.07. The average molecular weight is 287 g/mol. The second kappa shape index (κ2) is 4.53. The van der Waals surface area contributed by atoms with Crippen LogP contribution in [0.2, 0.25) is 0 Å². The SMILES string of the molecule is O=C(O)C1CCC1Cc1ccc(Br)cc1F. The van der Waals surface area contributed by atoms with Crippen molar-refractivity contribution >= 4 is 21.9 Å². The van der Waals surface area contributed by atoms with Gasteiger partial charge in [-0.25, -0.2) is 4.39 Å². The molecule has 0 saturated heterocycles. The van der Waals surface area contributed by atoms with Crippen molar-refractivity contribution < 1.29 is 14.3 Å². The number of hydrogen-bond acceptors (Lipinski definition) is 1. The molecule has 1 fully saturated rings. The fourth-order valence-electron chi connectivity index (χ4n) is 2.11. The van der Waals surface area contributed by atoms with E-state index in [0.717, 1.165) is 12.8 Å². The molecule has 0 aromatic heterocycles. The fourth-order valence-corrected chi connectivity index (χ4v) is 2.44. The zero-order valence-corrected chi connectivity index (χ0v) is 10.2. The van der Waals surface area contributed by atoms with Crippen LogP contribution in [-0.2, 0) is 11.2 Å². The Hall–Kier alpha value is -0.900. The van der Waals surface area contributed by atoms with Gasteiger partial charge in [0.1, 0.15) is 5.82 Å². The number of carboxylic acids is 1. The lowest BCUT2D eigenvalue weighted by molar-refractivity contribution is -0.147. The standard InChI is InChI=1S/C12H12BrFO2/c13-9-3-1-8(11(14)6-9)5-7-2-4-10(7)12(15)16/h1,3,6-7,10H,2,4-5H2,(H,15,16). The van der Waals surface area contributed by atoms with E-state index >= 15 is 0 Å². The number of hydrogen-bond donors (Lipinski definition) is 1. The van der Waals surface area contributed by atoms with Crippen molar-refractivity contribution in [2.45, 2.75) is 19.3 Å². The Labute approximate surface area is 102 Å². The number of rotatable bonds is 3. The summed E-state index contributed by atoms with van der Waals surface area (Å²) in [4.78, 5) is 10.8. The van der Waals surface area contributed by atoms with Crippen molar-refractivity contribution in [1.82, 2.24) is 0 Å². The van der Waals surface area contributed by atoms with E-state index in [1.165, 1.54) is 6.07 Å². The lowest BCUT2D eigenvalue weighted by Crippen LogP contribution is -2.34. The van der Waals surface area contributed by atoms with Crippen LogP contribution < -0.4 is 0 Å². The molecule has 2 atom stereocenters. The van der Waals surface area contributed by atoms with Crippen molar-refractivity contribution in [1.29, 1.82) is 0 Å². The topological polar surface area (TPSA) is 37.3 Å². The second-order valence-corrected chi connectivity index (χ2v) is 5.14. The maximum Gasteiger partial charge on any atom is 0.306 e. The fraction of sp³-hybridized carbons (Fsp3) is 0.417. The first-order chi connectivity index (χ1) is 7.58. The predicted molar refractivity (Wildman–Crippen MR) is 61.7 cm³/mol. The normalized spacial score (nSPS) is 23.9. The molecule has 2 nitrogen and oxygen atoms in total. The summed E-state index contributed by atoms with van der Waals surface area (Å²) in [6.07, 6.45) is 2.13. The highest BCUT2D eigenvalue weighted by molar-refractivity contribution is 9.10. The molecular weight excluding hydrogens is 275 g/mol. The molecule has 0 radical (unpaired) electrons. The van der Waals surface area contributed by atoms with Crippen LogP contribution in [0, 0.1) is 17.7 Å². The third-order valence-electron chi connectivity index (χ3n) is 3.23. The number of carbonyl (C=O) groups is 1. The van der Waals surface area contributed by atoms with Crippen LogP contribution in [0.5, 0.6) is 0 Å². The lowest BCUT2D eigenvalue weighted by Gasteiger charge is -2.33. The van der Waals surface area contributed by atoms with E-state index in [9.17, 15) is 9.18 Å². The maximum absolute atomic E-state index is 13.5. The number of aliphatic carboxylic acids is 1. The third-order valence-corrected chi connectivity index (χ3v) is 3.73. The average Bonchev–Trinajstić information content (AvgIpc) is 2.13. The van der Waals surface area contributed by atoms with Gasteiger partial charge in [-0.1, -0.05) is 22.0 Å². The number of benzene rings is 1. The third kappa shape index (κ3) is 2.26. The maximum atomic E-state index is 13.5. The molecule has 4 heteroatoms. The van der Waals surface area contributed by atoms with Crippen LogP contribution in [0.1, 0.15) is 18.4 Å². The molecule has 1 saturated carbocycles. The van der Waals surface area contributed by atoms with E-state index in [2.05, 4.69) is 15.9 Å². The summed E-state index contributed by atoms with van der Waals surface area (Å²) in [7, 11) is 0. The summed E-state index contributed by atoms with van der Waals surface area (Å²) < 4.78 is 14.2. The van der Waals surface area contributed by atoms with Crippen LogP contribution in [0.25, 0.3) is 0 Å². The Kier molecular flexibility index (Phi) is 3.28. The van der Waals surface area contributed by atoms with Crippen molar-refractivity contribution in [3.8, 4) is 0 Å². The van der Waals surface area contributed by atoms with E-state index in [0.29, 0.717) is 16.5 Å². The molecular formula is C12H12BrFO2. The highest BCUT2D eigenvalue weighted by Crippen LogP contribution is 2.37. The molecule has 0 amide bonds. The molecule has 16 heavy (non-hydrogen) atoms. The van der Waals surface area contributed by atoms with Crippen LogP contribution >= 0.6 is 15.9 Å². The minimum atomic E-state index is -0.756. The van der Waals surface area contributed by atoms with E-state index in [1.807, 2.05) is 0 Å². The van der Waals surface area contributed by atoms with Gasteiger partial charge in [0, 0.05) is 4.47 Å². The lowest BCUT2D eigenvalue weighted by atomic mass is 9.71. The zero-order valence-electron chi connectivity index (χ0n) is 8.62. The predicted octanol–water partition coefficient (Wildman–Crippen LogP) is 3.24. The molecule has 2 unspecified atom stereocenters. The van der Waals surface area contributed by atoms with Gasteiger partial charge in [0.2, 0.25) is 0 Å². The van der Waals surface area contributed by atoms with Gasteiger partial charge in [0.25, 0.3) is 0 Å². The van der Waals surface area contributed by atoms with Gasteiger partial charge >= 0.3 is 5.97 Å². The summed E-state index contributed by atoms with van der Waals surface area (Å²) in [5.74, 6) is -1.21. The van der Waals surface area contributed by atoms with Gasteiger partial charge in [0.05, 0.1) is 5.92 Å². The minimum absolute atomic E-state index is 0.0909. The highest BCUT2D eigenvalue weighted by atomic mass is 79.9. The molecule has 1 aromatic carbocycles. The van der Waals surface area contributed by atoms with Crippen LogP contribution in [-0.4, -0.2) is 11.1 Å². The van der Waals surface area contributed by atoms with Crippen molar-refractivity contribution in [2.24, 2.45) is 11.8 Å². The number of halogens is 2. The Bertz CT molecular complexity index is 419.